The van der Waals surface area contributed by atoms with Crippen molar-refractivity contribution in [3.05, 3.63) is 29.8 Å². The lowest BCUT2D eigenvalue weighted by Crippen LogP contribution is -2.32. The van der Waals surface area contributed by atoms with Gasteiger partial charge in [-0.15, -0.1) is 0 Å². The fraction of sp³-hybridized carbons (Fsp3) is 0.647. The van der Waals surface area contributed by atoms with Gasteiger partial charge in [-0.25, -0.2) is 0 Å². The van der Waals surface area contributed by atoms with Crippen LogP contribution in [0.25, 0.3) is 0 Å². The highest BCUT2D eigenvalue weighted by atomic mass is 15.1. The van der Waals surface area contributed by atoms with Crippen molar-refractivity contribution in [1.82, 2.24) is 5.32 Å². The third kappa shape index (κ3) is 3.73. The lowest BCUT2D eigenvalue weighted by molar-refractivity contribution is 0.401. The van der Waals surface area contributed by atoms with Gasteiger partial charge in [0.05, 0.1) is 0 Å². The Bertz CT molecular complexity index is 371. The molecular formula is C17H28N2. The van der Waals surface area contributed by atoms with Gasteiger partial charge in [-0.3, -0.25) is 0 Å². The van der Waals surface area contributed by atoms with E-state index in [9.17, 15) is 0 Å². The normalized spacial score (nSPS) is 22.7. The van der Waals surface area contributed by atoms with Crippen LogP contribution in [0.3, 0.4) is 0 Å². The molecule has 2 nitrogen and oxygen atoms in total. The van der Waals surface area contributed by atoms with Gasteiger partial charge in [0.1, 0.15) is 0 Å². The Morgan fingerprint density at radius 3 is 2.58 bits per heavy atom. The quantitative estimate of drug-likeness (QED) is 0.840. The minimum Gasteiger partial charge on any atom is -0.372 e. The number of aryl methyl sites for hydroxylation is 1. The monoisotopic (exact) mass is 260 g/mol. The largest absolute Gasteiger partial charge is 0.372 e. The molecule has 2 heteroatoms. The molecule has 1 fully saturated rings. The first-order valence-corrected chi connectivity index (χ1v) is 7.73. The molecule has 0 aliphatic heterocycles. The van der Waals surface area contributed by atoms with Crippen molar-refractivity contribution in [3.8, 4) is 0 Å². The maximum atomic E-state index is 3.48. The van der Waals surface area contributed by atoms with Crippen LogP contribution in [0, 0.1) is 12.8 Å². The summed E-state index contributed by atoms with van der Waals surface area (Å²) in [5, 5.41) is 3.48. The average Bonchev–Trinajstić information content (AvgIpc) is 2.89. The van der Waals surface area contributed by atoms with E-state index in [2.05, 4.69) is 55.4 Å². The molecule has 2 atom stereocenters. The lowest BCUT2D eigenvalue weighted by Gasteiger charge is -2.27. The molecule has 1 aliphatic rings. The molecule has 0 bridgehead atoms. The van der Waals surface area contributed by atoms with Gasteiger partial charge in [-0.2, -0.15) is 0 Å². The molecule has 0 saturated heterocycles. The number of rotatable bonds is 6. The van der Waals surface area contributed by atoms with E-state index in [1.54, 1.807) is 0 Å². The average molecular weight is 260 g/mol. The topological polar surface area (TPSA) is 15.3 Å². The molecule has 0 aromatic heterocycles. The third-order valence-corrected chi connectivity index (χ3v) is 4.58. The second-order valence-electron chi connectivity index (χ2n) is 5.79. The number of benzene rings is 1. The Balaban J connectivity index is 1.90. The van der Waals surface area contributed by atoms with Crippen LogP contribution in [0.4, 0.5) is 5.69 Å². The Morgan fingerprint density at radius 2 is 1.95 bits per heavy atom. The number of hydrogen-bond donors (Lipinski definition) is 1. The second kappa shape index (κ2) is 6.95. The highest BCUT2D eigenvalue weighted by Crippen LogP contribution is 2.29. The second-order valence-corrected chi connectivity index (χ2v) is 5.79. The summed E-state index contributed by atoms with van der Waals surface area (Å²) in [4.78, 5) is 2.50. The van der Waals surface area contributed by atoms with Crippen LogP contribution in [-0.2, 0) is 0 Å². The Labute approximate surface area is 118 Å². The fourth-order valence-electron chi connectivity index (χ4n) is 3.31. The van der Waals surface area contributed by atoms with Crippen LogP contribution < -0.4 is 10.2 Å². The highest BCUT2D eigenvalue weighted by Gasteiger charge is 2.25. The first-order valence-electron chi connectivity index (χ1n) is 7.73. The molecule has 1 aromatic carbocycles. The summed E-state index contributed by atoms with van der Waals surface area (Å²) in [6, 6.07) is 9.68. The fourth-order valence-corrected chi connectivity index (χ4v) is 3.31. The Morgan fingerprint density at radius 1 is 1.21 bits per heavy atom. The van der Waals surface area contributed by atoms with Crippen LogP contribution in [0.15, 0.2) is 24.3 Å². The number of nitrogens with one attached hydrogen (secondary N) is 1. The van der Waals surface area contributed by atoms with Gasteiger partial charge >= 0.3 is 0 Å². The van der Waals surface area contributed by atoms with Crippen LogP contribution in [-0.4, -0.2) is 26.2 Å². The summed E-state index contributed by atoms with van der Waals surface area (Å²) in [7, 11) is 2.11. The van der Waals surface area contributed by atoms with Gasteiger partial charge in [0.25, 0.3) is 0 Å². The van der Waals surface area contributed by atoms with Crippen molar-refractivity contribution in [3.63, 3.8) is 0 Å². The van der Waals surface area contributed by atoms with Gasteiger partial charge < -0.3 is 10.2 Å². The summed E-state index contributed by atoms with van der Waals surface area (Å²) in [6.07, 6.45) is 5.47. The zero-order valence-corrected chi connectivity index (χ0v) is 12.7. The minimum absolute atomic E-state index is 0.747. The van der Waals surface area contributed by atoms with E-state index in [1.807, 2.05) is 0 Å². The van der Waals surface area contributed by atoms with Gasteiger partial charge in [0.2, 0.25) is 0 Å². The predicted octanol–water partition coefficient (Wildman–Crippen LogP) is 3.60. The molecule has 19 heavy (non-hydrogen) atoms. The number of nitrogens with zero attached hydrogens (tertiary/aromatic N) is 1. The standard InChI is InChI=1S/C17H28N2/c1-4-19(16-10-8-14(2)9-11-16)13-12-15-6-5-7-17(15)18-3/h8-11,15,17-18H,4-7,12-13H2,1-3H3. The summed E-state index contributed by atoms with van der Waals surface area (Å²) >= 11 is 0. The molecule has 1 aliphatic carbocycles. The molecule has 0 radical (unpaired) electrons. The zero-order valence-electron chi connectivity index (χ0n) is 12.7. The van der Waals surface area contributed by atoms with E-state index in [-0.39, 0.29) is 0 Å². The molecule has 2 rings (SSSR count). The molecule has 1 saturated carbocycles. The summed E-state index contributed by atoms with van der Waals surface area (Å²) in [5.41, 5.74) is 2.71. The summed E-state index contributed by atoms with van der Waals surface area (Å²) in [6.45, 7) is 6.68. The zero-order chi connectivity index (χ0) is 13.7. The van der Waals surface area contributed by atoms with Crippen LogP contribution in [0.5, 0.6) is 0 Å². The first-order chi connectivity index (χ1) is 9.24. The molecule has 2 unspecified atom stereocenters. The Hall–Kier alpha value is -1.02. The lowest BCUT2D eigenvalue weighted by atomic mass is 9.99. The smallest absolute Gasteiger partial charge is 0.0366 e. The van der Waals surface area contributed by atoms with E-state index in [1.165, 1.54) is 43.5 Å². The maximum absolute atomic E-state index is 3.48. The molecular weight excluding hydrogens is 232 g/mol. The minimum atomic E-state index is 0.747. The van der Waals surface area contributed by atoms with E-state index < -0.39 is 0 Å². The molecule has 106 valence electrons. The molecule has 0 spiro atoms. The molecule has 0 amide bonds. The van der Waals surface area contributed by atoms with E-state index in [0.717, 1.165) is 18.5 Å². The van der Waals surface area contributed by atoms with Crippen LogP contribution in [0.1, 0.15) is 38.2 Å². The van der Waals surface area contributed by atoms with Crippen LogP contribution >= 0.6 is 0 Å². The van der Waals surface area contributed by atoms with Crippen molar-refractivity contribution in [1.29, 1.82) is 0 Å². The number of anilines is 1. The summed E-state index contributed by atoms with van der Waals surface area (Å²) < 4.78 is 0. The highest BCUT2D eigenvalue weighted by molar-refractivity contribution is 5.47. The molecule has 1 aromatic rings. The van der Waals surface area contributed by atoms with Gasteiger partial charge in [-0.05, 0) is 58.2 Å². The van der Waals surface area contributed by atoms with Crippen molar-refractivity contribution in [2.75, 3.05) is 25.0 Å². The van der Waals surface area contributed by atoms with Gasteiger partial charge in [-0.1, -0.05) is 24.1 Å². The Kier molecular flexibility index (Phi) is 5.26. The van der Waals surface area contributed by atoms with E-state index >= 15 is 0 Å². The van der Waals surface area contributed by atoms with Crippen molar-refractivity contribution < 1.29 is 0 Å². The summed E-state index contributed by atoms with van der Waals surface area (Å²) in [5.74, 6) is 0.865. The predicted molar refractivity (Wildman–Crippen MR) is 83.9 cm³/mol. The van der Waals surface area contributed by atoms with Crippen molar-refractivity contribution >= 4 is 5.69 Å². The number of hydrogen-bond acceptors (Lipinski definition) is 2. The van der Waals surface area contributed by atoms with Crippen molar-refractivity contribution in [2.45, 2.75) is 45.6 Å². The van der Waals surface area contributed by atoms with E-state index in [0.29, 0.717) is 0 Å². The van der Waals surface area contributed by atoms with Gasteiger partial charge in [0, 0.05) is 24.8 Å². The molecule has 0 heterocycles. The maximum Gasteiger partial charge on any atom is 0.0366 e. The van der Waals surface area contributed by atoms with E-state index in [4.69, 9.17) is 0 Å². The first kappa shape index (κ1) is 14.4. The SMILES string of the molecule is CCN(CCC1CCCC1NC)c1ccc(C)cc1. The third-order valence-electron chi connectivity index (χ3n) is 4.58. The van der Waals surface area contributed by atoms with Gasteiger partial charge in [0.15, 0.2) is 0 Å². The van der Waals surface area contributed by atoms with Crippen molar-refractivity contribution in [2.24, 2.45) is 5.92 Å². The molecule has 1 N–H and O–H groups in total. The van der Waals surface area contributed by atoms with Crippen LogP contribution in [0.2, 0.25) is 0 Å².